The molecule has 0 bridgehead atoms. The van der Waals surface area contributed by atoms with Crippen LogP contribution >= 0.6 is 0 Å². The third-order valence-electron chi connectivity index (χ3n) is 4.74. The summed E-state index contributed by atoms with van der Waals surface area (Å²) in [4.78, 5) is 14.4. The van der Waals surface area contributed by atoms with Crippen molar-refractivity contribution in [1.82, 2.24) is 14.7 Å². The predicted octanol–water partition coefficient (Wildman–Crippen LogP) is 5.17. The van der Waals surface area contributed by atoms with Gasteiger partial charge in [-0.05, 0) is 38.1 Å². The van der Waals surface area contributed by atoms with Crippen LogP contribution in [0.4, 0.5) is 4.39 Å². The molecule has 0 aliphatic carbocycles. The largest absolute Gasteiger partial charge is 0.439 e. The van der Waals surface area contributed by atoms with E-state index in [0.717, 1.165) is 16.8 Å². The molecule has 1 heterocycles. The summed E-state index contributed by atoms with van der Waals surface area (Å²) in [5.74, 6) is 0.779. The second kappa shape index (κ2) is 8.90. The molecule has 0 radical (unpaired) electrons. The lowest BCUT2D eigenvalue weighted by molar-refractivity contribution is -0.133. The molecule has 2 aromatic carbocycles. The Morgan fingerprint density at radius 3 is 2.38 bits per heavy atom. The molecular weight excluding hydrogens is 369 g/mol. The zero-order chi connectivity index (χ0) is 21.0. The second-order valence-electron chi connectivity index (χ2n) is 7.15. The minimum Gasteiger partial charge on any atom is -0.439 e. The Kier molecular flexibility index (Phi) is 6.32. The van der Waals surface area contributed by atoms with Crippen LogP contribution in [-0.4, -0.2) is 26.6 Å². The third-order valence-corrected chi connectivity index (χ3v) is 4.74. The maximum atomic E-state index is 13.3. The summed E-state index contributed by atoms with van der Waals surface area (Å²) in [7, 11) is 1.80. The molecule has 6 heteroatoms. The first-order chi connectivity index (χ1) is 13.9. The number of hydrogen-bond acceptors (Lipinski definition) is 3. The highest BCUT2D eigenvalue weighted by molar-refractivity contribution is 5.77. The van der Waals surface area contributed by atoms with Gasteiger partial charge in [0.1, 0.15) is 17.3 Å². The van der Waals surface area contributed by atoms with Crippen LogP contribution < -0.4 is 4.74 Å². The minimum atomic E-state index is -0.327. The molecular formula is C23H26FN3O2. The SMILES string of the molecule is CCC(=O)N(Cc1c(-c2ccccc2)nn(C)c1Oc1ccc(F)cc1)C(C)C. The van der Waals surface area contributed by atoms with Gasteiger partial charge >= 0.3 is 0 Å². The van der Waals surface area contributed by atoms with Gasteiger partial charge in [-0.15, -0.1) is 0 Å². The first-order valence-electron chi connectivity index (χ1n) is 9.74. The molecule has 0 atom stereocenters. The summed E-state index contributed by atoms with van der Waals surface area (Å²) in [5, 5.41) is 4.67. The van der Waals surface area contributed by atoms with Gasteiger partial charge < -0.3 is 9.64 Å². The van der Waals surface area contributed by atoms with Gasteiger partial charge in [-0.2, -0.15) is 5.10 Å². The highest BCUT2D eigenvalue weighted by atomic mass is 19.1. The van der Waals surface area contributed by atoms with Gasteiger partial charge in [0.05, 0.1) is 12.1 Å². The van der Waals surface area contributed by atoms with Crippen LogP contribution in [0.25, 0.3) is 11.3 Å². The van der Waals surface area contributed by atoms with Crippen LogP contribution in [0.3, 0.4) is 0 Å². The molecule has 0 spiro atoms. The third kappa shape index (κ3) is 4.65. The smallest absolute Gasteiger partial charge is 0.223 e. The fourth-order valence-electron chi connectivity index (χ4n) is 3.20. The van der Waals surface area contributed by atoms with E-state index in [4.69, 9.17) is 4.74 Å². The number of amides is 1. The van der Waals surface area contributed by atoms with Crippen molar-refractivity contribution in [2.75, 3.05) is 0 Å². The maximum absolute atomic E-state index is 13.3. The minimum absolute atomic E-state index is 0.0324. The Bertz CT molecular complexity index is 966. The molecule has 152 valence electrons. The molecule has 0 fully saturated rings. The lowest BCUT2D eigenvalue weighted by Gasteiger charge is -2.27. The van der Waals surface area contributed by atoms with Crippen LogP contribution in [0.1, 0.15) is 32.8 Å². The lowest BCUT2D eigenvalue weighted by Crippen LogP contribution is -2.36. The molecule has 3 rings (SSSR count). The quantitative estimate of drug-likeness (QED) is 0.555. The summed E-state index contributed by atoms with van der Waals surface area (Å²) >= 11 is 0. The van der Waals surface area contributed by atoms with Gasteiger partial charge in [0.25, 0.3) is 0 Å². The summed E-state index contributed by atoms with van der Waals surface area (Å²) in [5.41, 5.74) is 2.53. The highest BCUT2D eigenvalue weighted by Crippen LogP contribution is 2.34. The van der Waals surface area contributed by atoms with Crippen molar-refractivity contribution in [3.63, 3.8) is 0 Å². The fraction of sp³-hybridized carbons (Fsp3) is 0.304. The Morgan fingerprint density at radius 1 is 1.14 bits per heavy atom. The molecule has 1 aromatic heterocycles. The first kappa shape index (κ1) is 20.6. The van der Waals surface area contributed by atoms with Crippen molar-refractivity contribution >= 4 is 5.91 Å². The number of rotatable bonds is 7. The number of aromatic nitrogens is 2. The zero-order valence-electron chi connectivity index (χ0n) is 17.2. The lowest BCUT2D eigenvalue weighted by atomic mass is 10.1. The number of hydrogen-bond donors (Lipinski definition) is 0. The number of aryl methyl sites for hydroxylation is 1. The van der Waals surface area contributed by atoms with E-state index < -0.39 is 0 Å². The van der Waals surface area contributed by atoms with E-state index in [9.17, 15) is 9.18 Å². The van der Waals surface area contributed by atoms with Gasteiger partial charge in [0.15, 0.2) is 0 Å². The van der Waals surface area contributed by atoms with E-state index in [1.54, 1.807) is 23.9 Å². The number of ether oxygens (including phenoxy) is 1. The van der Waals surface area contributed by atoms with Crippen LogP contribution in [0.5, 0.6) is 11.6 Å². The number of nitrogens with zero attached hydrogens (tertiary/aromatic N) is 3. The van der Waals surface area contributed by atoms with E-state index in [1.807, 2.05) is 56.0 Å². The summed E-state index contributed by atoms with van der Waals surface area (Å²) in [6.07, 6.45) is 0.424. The number of carbonyl (C=O) groups excluding carboxylic acids is 1. The average Bonchev–Trinajstić information content (AvgIpc) is 3.03. The van der Waals surface area contributed by atoms with Crippen LogP contribution in [0.2, 0.25) is 0 Å². The molecule has 5 nitrogen and oxygen atoms in total. The van der Waals surface area contributed by atoms with Crippen LogP contribution in [-0.2, 0) is 18.4 Å². The van der Waals surface area contributed by atoms with Crippen molar-refractivity contribution in [2.45, 2.75) is 39.8 Å². The van der Waals surface area contributed by atoms with E-state index in [2.05, 4.69) is 5.10 Å². The van der Waals surface area contributed by atoms with Crippen molar-refractivity contribution in [3.05, 3.63) is 66.0 Å². The van der Waals surface area contributed by atoms with Crippen LogP contribution in [0.15, 0.2) is 54.6 Å². The number of halogens is 1. The monoisotopic (exact) mass is 395 g/mol. The summed E-state index contributed by atoms with van der Waals surface area (Å²) in [6.45, 7) is 6.22. The molecule has 3 aromatic rings. The Labute approximate surface area is 170 Å². The molecule has 0 aliphatic rings. The standard InChI is InChI=1S/C23H26FN3O2/c1-5-21(28)27(16(2)3)15-20-22(17-9-7-6-8-10-17)25-26(4)23(20)29-19-13-11-18(24)12-14-19/h6-14,16H,5,15H2,1-4H3. The van der Waals surface area contributed by atoms with E-state index >= 15 is 0 Å². The van der Waals surface area contributed by atoms with Gasteiger partial charge in [-0.1, -0.05) is 37.3 Å². The van der Waals surface area contributed by atoms with E-state index in [0.29, 0.717) is 24.6 Å². The topological polar surface area (TPSA) is 47.4 Å². The van der Waals surface area contributed by atoms with Crippen LogP contribution in [0, 0.1) is 5.82 Å². The fourth-order valence-corrected chi connectivity index (χ4v) is 3.20. The van der Waals surface area contributed by atoms with Gasteiger partial charge in [-0.3, -0.25) is 4.79 Å². The van der Waals surface area contributed by atoms with Gasteiger partial charge in [0.2, 0.25) is 11.8 Å². The maximum Gasteiger partial charge on any atom is 0.223 e. The van der Waals surface area contributed by atoms with Crippen molar-refractivity contribution in [2.24, 2.45) is 7.05 Å². The Hall–Kier alpha value is -3.15. The molecule has 0 N–H and O–H groups in total. The highest BCUT2D eigenvalue weighted by Gasteiger charge is 2.25. The van der Waals surface area contributed by atoms with Crippen molar-refractivity contribution in [3.8, 4) is 22.9 Å². The zero-order valence-corrected chi connectivity index (χ0v) is 17.2. The average molecular weight is 395 g/mol. The normalized spacial score (nSPS) is 11.0. The molecule has 29 heavy (non-hydrogen) atoms. The van der Waals surface area contributed by atoms with E-state index in [-0.39, 0.29) is 17.8 Å². The van der Waals surface area contributed by atoms with Gasteiger partial charge in [-0.25, -0.2) is 9.07 Å². The Balaban J connectivity index is 2.08. The predicted molar refractivity (Wildman–Crippen MR) is 111 cm³/mol. The molecule has 1 amide bonds. The summed E-state index contributed by atoms with van der Waals surface area (Å²) in [6, 6.07) is 15.7. The van der Waals surface area contributed by atoms with E-state index in [1.165, 1.54) is 12.1 Å². The second-order valence-corrected chi connectivity index (χ2v) is 7.15. The van der Waals surface area contributed by atoms with Gasteiger partial charge in [0, 0.05) is 25.1 Å². The molecule has 0 saturated heterocycles. The number of carbonyl (C=O) groups is 1. The number of benzene rings is 2. The molecule has 0 aliphatic heterocycles. The molecule has 0 saturated carbocycles. The first-order valence-corrected chi connectivity index (χ1v) is 9.74. The molecule has 0 unspecified atom stereocenters. The van der Waals surface area contributed by atoms with Crippen molar-refractivity contribution in [1.29, 1.82) is 0 Å². The Morgan fingerprint density at radius 2 is 1.79 bits per heavy atom. The summed E-state index contributed by atoms with van der Waals surface area (Å²) < 4.78 is 21.0. The van der Waals surface area contributed by atoms with Crippen molar-refractivity contribution < 1.29 is 13.9 Å².